The predicted molar refractivity (Wildman–Crippen MR) is 80.2 cm³/mol. The lowest BCUT2D eigenvalue weighted by atomic mass is 9.87. The summed E-state index contributed by atoms with van der Waals surface area (Å²) in [5.41, 5.74) is -0.214. The number of rotatable bonds is 5. The maximum Gasteiger partial charge on any atom is 0.137 e. The van der Waals surface area contributed by atoms with Crippen LogP contribution in [0.2, 0.25) is 0 Å². The maximum atomic E-state index is 12.0. The fourth-order valence-electron chi connectivity index (χ4n) is 3.78. The van der Waals surface area contributed by atoms with Crippen LogP contribution in [0.5, 0.6) is 0 Å². The third kappa shape index (κ3) is 3.82. The van der Waals surface area contributed by atoms with Gasteiger partial charge in [0.15, 0.2) is 0 Å². The van der Waals surface area contributed by atoms with Gasteiger partial charge in [-0.3, -0.25) is 9.69 Å². The number of ketones is 1. The summed E-state index contributed by atoms with van der Waals surface area (Å²) in [6, 6.07) is 2.87. The SMILES string of the molecule is CC(C)(C#N)CCCN1CCCCC1C1CCCC1=O. The van der Waals surface area contributed by atoms with Gasteiger partial charge in [-0.05, 0) is 65.5 Å². The molecule has 2 fully saturated rings. The molecule has 2 aliphatic rings. The molecule has 112 valence electrons. The summed E-state index contributed by atoms with van der Waals surface area (Å²) < 4.78 is 0. The number of Topliss-reactive ketones (excluding diaryl/α,β-unsaturated/α-hetero) is 1. The minimum absolute atomic E-state index is 0.214. The van der Waals surface area contributed by atoms with Gasteiger partial charge in [0.05, 0.1) is 11.5 Å². The van der Waals surface area contributed by atoms with Gasteiger partial charge in [0.1, 0.15) is 5.78 Å². The van der Waals surface area contributed by atoms with Crippen LogP contribution < -0.4 is 0 Å². The molecule has 0 amide bonds. The number of nitrogens with zero attached hydrogens (tertiary/aromatic N) is 2. The van der Waals surface area contributed by atoms with Gasteiger partial charge in [-0.1, -0.05) is 6.42 Å². The highest BCUT2D eigenvalue weighted by Crippen LogP contribution is 2.33. The first-order chi connectivity index (χ1) is 9.53. The Bertz CT molecular complexity index is 383. The normalized spacial score (nSPS) is 28.6. The quantitative estimate of drug-likeness (QED) is 0.771. The zero-order valence-corrected chi connectivity index (χ0v) is 13.0. The average molecular weight is 276 g/mol. The van der Waals surface area contributed by atoms with Crippen molar-refractivity contribution in [1.29, 1.82) is 5.26 Å². The van der Waals surface area contributed by atoms with E-state index in [0.29, 0.717) is 17.7 Å². The summed E-state index contributed by atoms with van der Waals surface area (Å²) >= 11 is 0. The first-order valence-electron chi connectivity index (χ1n) is 8.21. The standard InChI is InChI=1S/C17H28N2O/c1-17(2,13-18)10-6-12-19-11-4-3-8-15(19)14-7-5-9-16(14)20/h14-15H,3-12H2,1-2H3. The van der Waals surface area contributed by atoms with Crippen LogP contribution >= 0.6 is 0 Å². The van der Waals surface area contributed by atoms with Crippen molar-refractivity contribution in [2.75, 3.05) is 13.1 Å². The minimum Gasteiger partial charge on any atom is -0.300 e. The Morgan fingerprint density at radius 3 is 2.75 bits per heavy atom. The molecular formula is C17H28N2O. The van der Waals surface area contributed by atoms with Crippen LogP contribution in [-0.4, -0.2) is 29.8 Å². The zero-order valence-electron chi connectivity index (χ0n) is 13.0. The van der Waals surface area contributed by atoms with E-state index in [1.807, 2.05) is 13.8 Å². The number of piperidine rings is 1. The van der Waals surface area contributed by atoms with E-state index < -0.39 is 0 Å². The monoisotopic (exact) mass is 276 g/mol. The van der Waals surface area contributed by atoms with Crippen molar-refractivity contribution in [3.63, 3.8) is 0 Å². The average Bonchev–Trinajstić information content (AvgIpc) is 2.85. The van der Waals surface area contributed by atoms with Crippen molar-refractivity contribution < 1.29 is 4.79 Å². The molecule has 0 spiro atoms. The third-order valence-corrected chi connectivity index (χ3v) is 5.03. The molecule has 0 bridgehead atoms. The summed E-state index contributed by atoms with van der Waals surface area (Å²) in [6.07, 6.45) is 8.74. The topological polar surface area (TPSA) is 44.1 Å². The van der Waals surface area contributed by atoms with Gasteiger partial charge in [0.25, 0.3) is 0 Å². The molecule has 0 aromatic heterocycles. The third-order valence-electron chi connectivity index (χ3n) is 5.03. The fourth-order valence-corrected chi connectivity index (χ4v) is 3.78. The number of hydrogen-bond acceptors (Lipinski definition) is 3. The van der Waals surface area contributed by atoms with E-state index >= 15 is 0 Å². The molecule has 0 aromatic rings. The largest absolute Gasteiger partial charge is 0.300 e. The molecule has 1 aliphatic heterocycles. The lowest BCUT2D eigenvalue weighted by Gasteiger charge is -2.39. The zero-order chi connectivity index (χ0) is 14.6. The highest BCUT2D eigenvalue weighted by molar-refractivity contribution is 5.83. The lowest BCUT2D eigenvalue weighted by molar-refractivity contribution is -0.123. The van der Waals surface area contributed by atoms with E-state index in [9.17, 15) is 4.79 Å². The van der Waals surface area contributed by atoms with E-state index in [0.717, 1.165) is 45.2 Å². The Morgan fingerprint density at radius 2 is 2.10 bits per heavy atom. The smallest absolute Gasteiger partial charge is 0.137 e. The number of hydrogen-bond donors (Lipinski definition) is 0. The molecule has 2 rings (SSSR count). The Morgan fingerprint density at radius 1 is 1.30 bits per heavy atom. The van der Waals surface area contributed by atoms with Crippen molar-refractivity contribution in [3.05, 3.63) is 0 Å². The Labute approximate surface area is 123 Å². The van der Waals surface area contributed by atoms with E-state index in [4.69, 9.17) is 5.26 Å². The van der Waals surface area contributed by atoms with Crippen molar-refractivity contribution in [2.45, 2.75) is 71.3 Å². The van der Waals surface area contributed by atoms with Gasteiger partial charge < -0.3 is 0 Å². The van der Waals surface area contributed by atoms with Crippen LogP contribution in [0, 0.1) is 22.7 Å². The van der Waals surface area contributed by atoms with Crippen molar-refractivity contribution in [2.24, 2.45) is 11.3 Å². The Balaban J connectivity index is 1.87. The van der Waals surface area contributed by atoms with Gasteiger partial charge in [-0.25, -0.2) is 0 Å². The van der Waals surface area contributed by atoms with Crippen LogP contribution in [0.1, 0.15) is 65.2 Å². The van der Waals surface area contributed by atoms with Gasteiger partial charge in [-0.2, -0.15) is 5.26 Å². The molecule has 2 unspecified atom stereocenters. The molecule has 0 radical (unpaired) electrons. The van der Waals surface area contributed by atoms with Gasteiger partial charge >= 0.3 is 0 Å². The molecular weight excluding hydrogens is 248 g/mol. The Hall–Kier alpha value is -0.880. The molecule has 0 aromatic carbocycles. The number of carbonyl (C=O) groups is 1. The number of likely N-dealkylation sites (tertiary alicyclic amines) is 1. The van der Waals surface area contributed by atoms with Crippen LogP contribution in [0.4, 0.5) is 0 Å². The summed E-state index contributed by atoms with van der Waals surface area (Å²) in [7, 11) is 0. The van der Waals surface area contributed by atoms with E-state index in [1.165, 1.54) is 19.3 Å². The predicted octanol–water partition coefficient (Wildman–Crippen LogP) is 3.54. The van der Waals surface area contributed by atoms with Crippen molar-refractivity contribution in [3.8, 4) is 6.07 Å². The van der Waals surface area contributed by atoms with E-state index in [1.54, 1.807) is 0 Å². The first-order valence-corrected chi connectivity index (χ1v) is 8.21. The summed E-state index contributed by atoms with van der Waals surface area (Å²) in [5, 5.41) is 9.08. The van der Waals surface area contributed by atoms with Crippen LogP contribution in [0.25, 0.3) is 0 Å². The summed E-state index contributed by atoms with van der Waals surface area (Å²) in [5.74, 6) is 0.804. The molecule has 1 saturated heterocycles. The van der Waals surface area contributed by atoms with E-state index in [-0.39, 0.29) is 5.41 Å². The summed E-state index contributed by atoms with van der Waals surface area (Å²) in [4.78, 5) is 14.6. The summed E-state index contributed by atoms with van der Waals surface area (Å²) in [6.45, 7) is 6.23. The number of carbonyl (C=O) groups excluding carboxylic acids is 1. The highest BCUT2D eigenvalue weighted by atomic mass is 16.1. The molecule has 1 saturated carbocycles. The molecule has 20 heavy (non-hydrogen) atoms. The van der Waals surface area contributed by atoms with Crippen LogP contribution in [-0.2, 0) is 4.79 Å². The second-order valence-corrected chi connectivity index (χ2v) is 7.16. The van der Waals surface area contributed by atoms with E-state index in [2.05, 4.69) is 11.0 Å². The molecule has 1 heterocycles. The second kappa shape index (κ2) is 6.72. The second-order valence-electron chi connectivity index (χ2n) is 7.16. The molecule has 3 heteroatoms. The van der Waals surface area contributed by atoms with Crippen molar-refractivity contribution in [1.82, 2.24) is 4.90 Å². The Kier molecular flexibility index (Phi) is 5.21. The van der Waals surface area contributed by atoms with Crippen LogP contribution in [0.3, 0.4) is 0 Å². The van der Waals surface area contributed by atoms with Gasteiger partial charge in [-0.15, -0.1) is 0 Å². The highest BCUT2D eigenvalue weighted by Gasteiger charge is 2.36. The number of nitriles is 1. The fraction of sp³-hybridized carbons (Fsp3) is 0.882. The molecule has 0 N–H and O–H groups in total. The molecule has 1 aliphatic carbocycles. The molecule has 2 atom stereocenters. The van der Waals surface area contributed by atoms with Gasteiger partial charge in [0, 0.05) is 18.4 Å². The molecule has 3 nitrogen and oxygen atoms in total. The first kappa shape index (κ1) is 15.5. The van der Waals surface area contributed by atoms with Gasteiger partial charge in [0.2, 0.25) is 0 Å². The van der Waals surface area contributed by atoms with Crippen LogP contribution in [0.15, 0.2) is 0 Å². The lowest BCUT2D eigenvalue weighted by Crippen LogP contribution is -2.45. The maximum absolute atomic E-state index is 12.0. The van der Waals surface area contributed by atoms with Crippen molar-refractivity contribution >= 4 is 5.78 Å². The minimum atomic E-state index is -0.214.